The Bertz CT molecular complexity index is 388. The van der Waals surface area contributed by atoms with Crippen LogP contribution in [0, 0.1) is 0 Å². The van der Waals surface area contributed by atoms with Gasteiger partial charge in [-0.05, 0) is 19.8 Å². The molecule has 2 rings (SSSR count). The van der Waals surface area contributed by atoms with Gasteiger partial charge in [0, 0.05) is 26.4 Å². The van der Waals surface area contributed by atoms with Gasteiger partial charge in [-0.1, -0.05) is 0 Å². The predicted molar refractivity (Wildman–Crippen MR) is 68.5 cm³/mol. The molecule has 17 heavy (non-hydrogen) atoms. The van der Waals surface area contributed by atoms with E-state index in [0.717, 1.165) is 37.4 Å². The monoisotopic (exact) mass is 255 g/mol. The number of nitrogens with zero attached hydrogens (tertiary/aromatic N) is 3. The van der Waals surface area contributed by atoms with Crippen molar-refractivity contribution in [3.63, 3.8) is 0 Å². The molecular formula is C12H18ClN3O. The van der Waals surface area contributed by atoms with Crippen LogP contribution in [0.4, 0.5) is 5.82 Å². The summed E-state index contributed by atoms with van der Waals surface area (Å²) < 4.78 is 5.57. The summed E-state index contributed by atoms with van der Waals surface area (Å²) in [6, 6.07) is 0. The van der Waals surface area contributed by atoms with Gasteiger partial charge in [-0.25, -0.2) is 4.98 Å². The van der Waals surface area contributed by atoms with Crippen molar-refractivity contribution in [3.05, 3.63) is 18.1 Å². The third kappa shape index (κ3) is 2.87. The summed E-state index contributed by atoms with van der Waals surface area (Å²) in [5.41, 5.74) is 0.727. The van der Waals surface area contributed by atoms with Crippen LogP contribution < -0.4 is 4.90 Å². The van der Waals surface area contributed by atoms with Gasteiger partial charge in [-0.3, -0.25) is 4.98 Å². The van der Waals surface area contributed by atoms with Gasteiger partial charge < -0.3 is 9.64 Å². The first-order chi connectivity index (χ1) is 8.17. The van der Waals surface area contributed by atoms with E-state index in [9.17, 15) is 0 Å². The second-order valence-electron chi connectivity index (χ2n) is 4.68. The average Bonchev–Trinajstić information content (AvgIpc) is 2.39. The number of alkyl halides is 1. The fourth-order valence-corrected chi connectivity index (χ4v) is 2.31. The zero-order valence-corrected chi connectivity index (χ0v) is 11.1. The molecule has 0 spiro atoms. The molecule has 1 aliphatic rings. The number of rotatable bonds is 3. The lowest BCUT2D eigenvalue weighted by Gasteiger charge is -2.39. The molecule has 4 nitrogen and oxygen atoms in total. The predicted octanol–water partition coefficient (Wildman–Crippen LogP) is 2.22. The minimum Gasteiger partial charge on any atom is -0.377 e. The van der Waals surface area contributed by atoms with Crippen molar-refractivity contribution in [2.24, 2.45) is 0 Å². The molecule has 1 aliphatic heterocycles. The number of piperidine rings is 1. The van der Waals surface area contributed by atoms with Crippen LogP contribution in [0.1, 0.15) is 25.5 Å². The molecule has 1 aromatic heterocycles. The van der Waals surface area contributed by atoms with Crippen LogP contribution in [0.2, 0.25) is 0 Å². The smallest absolute Gasteiger partial charge is 0.147 e. The zero-order chi connectivity index (χ0) is 12.3. The molecule has 0 radical (unpaired) electrons. The Morgan fingerprint density at radius 2 is 2.35 bits per heavy atom. The number of methoxy groups -OCH3 is 1. The Morgan fingerprint density at radius 1 is 1.53 bits per heavy atom. The summed E-state index contributed by atoms with van der Waals surface area (Å²) in [5, 5.41) is 0. The fraction of sp³-hybridized carbons (Fsp3) is 0.667. The largest absolute Gasteiger partial charge is 0.377 e. The number of aromatic nitrogens is 2. The Labute approximate surface area is 107 Å². The van der Waals surface area contributed by atoms with E-state index in [1.807, 2.05) is 0 Å². The summed E-state index contributed by atoms with van der Waals surface area (Å²) in [6.45, 7) is 3.99. The summed E-state index contributed by atoms with van der Waals surface area (Å²) in [6.07, 6.45) is 5.69. The van der Waals surface area contributed by atoms with Gasteiger partial charge in [0.2, 0.25) is 0 Å². The van der Waals surface area contributed by atoms with Gasteiger partial charge in [-0.2, -0.15) is 0 Å². The highest BCUT2D eigenvalue weighted by atomic mass is 35.5. The molecule has 94 valence electrons. The van der Waals surface area contributed by atoms with E-state index < -0.39 is 0 Å². The molecule has 1 aromatic rings. The van der Waals surface area contributed by atoms with Crippen molar-refractivity contribution in [3.8, 4) is 0 Å². The number of halogens is 1. The fourth-order valence-electron chi connectivity index (χ4n) is 2.18. The van der Waals surface area contributed by atoms with E-state index in [0.29, 0.717) is 5.88 Å². The zero-order valence-electron chi connectivity index (χ0n) is 10.3. The third-order valence-electron chi connectivity index (χ3n) is 3.28. The van der Waals surface area contributed by atoms with E-state index in [4.69, 9.17) is 16.3 Å². The molecule has 1 fully saturated rings. The number of hydrogen-bond donors (Lipinski definition) is 0. The second kappa shape index (κ2) is 5.19. The normalized spacial score (nSPS) is 25.0. The van der Waals surface area contributed by atoms with Crippen LogP contribution in [-0.2, 0) is 10.6 Å². The van der Waals surface area contributed by atoms with Crippen molar-refractivity contribution in [1.29, 1.82) is 0 Å². The van der Waals surface area contributed by atoms with Gasteiger partial charge in [0.15, 0.2) is 0 Å². The SMILES string of the molecule is COC1(C)CCCN(c2cncc(CCl)n2)C1. The Morgan fingerprint density at radius 3 is 3.06 bits per heavy atom. The van der Waals surface area contributed by atoms with E-state index in [1.54, 1.807) is 19.5 Å². The molecular weight excluding hydrogens is 238 g/mol. The van der Waals surface area contributed by atoms with Crippen LogP contribution in [0.3, 0.4) is 0 Å². The molecule has 0 bridgehead atoms. The number of anilines is 1. The van der Waals surface area contributed by atoms with Crippen LogP contribution in [0.15, 0.2) is 12.4 Å². The van der Waals surface area contributed by atoms with Gasteiger partial charge >= 0.3 is 0 Å². The highest BCUT2D eigenvalue weighted by Gasteiger charge is 2.31. The molecule has 5 heteroatoms. The quantitative estimate of drug-likeness (QED) is 0.777. The first kappa shape index (κ1) is 12.6. The second-order valence-corrected chi connectivity index (χ2v) is 4.95. The minimum absolute atomic E-state index is 0.0864. The standard InChI is InChI=1S/C12H18ClN3O/c1-12(17-2)4-3-5-16(9-12)11-8-14-7-10(6-13)15-11/h7-8H,3-6,9H2,1-2H3. The topological polar surface area (TPSA) is 38.2 Å². The van der Waals surface area contributed by atoms with E-state index in [-0.39, 0.29) is 5.60 Å². The van der Waals surface area contributed by atoms with E-state index in [2.05, 4.69) is 21.8 Å². The van der Waals surface area contributed by atoms with E-state index >= 15 is 0 Å². The molecule has 2 heterocycles. The molecule has 0 amide bonds. The Balaban J connectivity index is 2.16. The van der Waals surface area contributed by atoms with Crippen molar-refractivity contribution in [1.82, 2.24) is 9.97 Å². The van der Waals surface area contributed by atoms with Crippen LogP contribution in [0.25, 0.3) is 0 Å². The Kier molecular flexibility index (Phi) is 3.84. The van der Waals surface area contributed by atoms with Crippen LogP contribution in [0.5, 0.6) is 0 Å². The first-order valence-electron chi connectivity index (χ1n) is 5.84. The van der Waals surface area contributed by atoms with Gasteiger partial charge in [0.05, 0.1) is 23.4 Å². The molecule has 0 aliphatic carbocycles. The van der Waals surface area contributed by atoms with Gasteiger partial charge in [0.25, 0.3) is 0 Å². The number of ether oxygens (including phenoxy) is 1. The maximum absolute atomic E-state index is 5.78. The van der Waals surface area contributed by atoms with Crippen molar-refractivity contribution in [2.75, 3.05) is 25.1 Å². The van der Waals surface area contributed by atoms with E-state index in [1.165, 1.54) is 0 Å². The average molecular weight is 256 g/mol. The highest BCUT2D eigenvalue weighted by molar-refractivity contribution is 6.16. The van der Waals surface area contributed by atoms with Crippen molar-refractivity contribution < 1.29 is 4.74 Å². The molecule has 1 unspecified atom stereocenters. The molecule has 0 saturated carbocycles. The van der Waals surface area contributed by atoms with Gasteiger partial charge in [-0.15, -0.1) is 11.6 Å². The summed E-state index contributed by atoms with van der Waals surface area (Å²) in [7, 11) is 1.77. The summed E-state index contributed by atoms with van der Waals surface area (Å²) in [4.78, 5) is 10.9. The van der Waals surface area contributed by atoms with Crippen LogP contribution in [-0.4, -0.2) is 35.8 Å². The number of hydrogen-bond acceptors (Lipinski definition) is 4. The molecule has 1 saturated heterocycles. The summed E-state index contributed by atoms with van der Waals surface area (Å²) >= 11 is 5.78. The van der Waals surface area contributed by atoms with Gasteiger partial charge in [0.1, 0.15) is 5.82 Å². The molecule has 1 atom stereocenters. The lowest BCUT2D eigenvalue weighted by molar-refractivity contribution is -0.00483. The van der Waals surface area contributed by atoms with Crippen molar-refractivity contribution in [2.45, 2.75) is 31.2 Å². The highest BCUT2D eigenvalue weighted by Crippen LogP contribution is 2.26. The molecule has 0 aromatic carbocycles. The lowest BCUT2D eigenvalue weighted by atomic mass is 9.95. The first-order valence-corrected chi connectivity index (χ1v) is 6.37. The molecule has 0 N–H and O–H groups in total. The Hall–Kier alpha value is -0.870. The van der Waals surface area contributed by atoms with Crippen LogP contribution >= 0.6 is 11.6 Å². The summed E-state index contributed by atoms with van der Waals surface area (Å²) in [5.74, 6) is 1.29. The van der Waals surface area contributed by atoms with Crippen molar-refractivity contribution >= 4 is 17.4 Å². The minimum atomic E-state index is -0.0864. The maximum atomic E-state index is 5.78. The lowest BCUT2D eigenvalue weighted by Crippen LogP contribution is -2.47. The third-order valence-corrected chi connectivity index (χ3v) is 3.56. The maximum Gasteiger partial charge on any atom is 0.147 e.